The molecule has 7 heteroatoms. The zero-order chi connectivity index (χ0) is 18.7. The average molecular weight is 351 g/mol. The number of benzene rings is 2. The number of rotatable bonds is 2. The van der Waals surface area contributed by atoms with Crippen molar-refractivity contribution in [2.75, 3.05) is 11.1 Å². The van der Waals surface area contributed by atoms with Crippen molar-refractivity contribution in [1.29, 1.82) is 5.26 Å². The van der Waals surface area contributed by atoms with Crippen molar-refractivity contribution < 1.29 is 9.84 Å². The van der Waals surface area contributed by atoms with Crippen LogP contribution in [0.2, 0.25) is 0 Å². The van der Waals surface area contributed by atoms with Gasteiger partial charge < -0.3 is 20.9 Å². The summed E-state index contributed by atoms with van der Waals surface area (Å²) >= 11 is 0. The van der Waals surface area contributed by atoms with E-state index >= 15 is 0 Å². The van der Waals surface area contributed by atoms with Crippen molar-refractivity contribution in [2.24, 2.45) is 4.99 Å². The third-order valence-electron chi connectivity index (χ3n) is 4.22. The molecule has 0 aromatic heterocycles. The summed E-state index contributed by atoms with van der Waals surface area (Å²) in [5, 5.41) is 25.5. The molecule has 0 spiro atoms. The number of guanidine groups is 1. The van der Waals surface area contributed by atoms with Crippen LogP contribution in [0.15, 0.2) is 53.5 Å². The number of nitriles is 1. The quantitative estimate of drug-likeness (QED) is 0.217. The summed E-state index contributed by atoms with van der Waals surface area (Å²) in [7, 11) is 0. The van der Waals surface area contributed by atoms with Gasteiger partial charge in [0.25, 0.3) is 0 Å². The standard InChI is InChI=1S/C19H21N5O2/c1-19(2)17(25)16(14-10-12(21)8-9-15(14)26-19)24-18(22-11-20)23-13-6-4-3-5-7-13/h3-10,16-17,25H,21H2,1-2H3,(H2,22,23,24)/t16-,17+/m1/s1. The monoisotopic (exact) mass is 351 g/mol. The minimum atomic E-state index is -0.926. The first-order valence-corrected chi connectivity index (χ1v) is 8.22. The average Bonchev–Trinajstić information content (AvgIpc) is 2.60. The van der Waals surface area contributed by atoms with Crippen LogP contribution in [0.25, 0.3) is 0 Å². The molecule has 0 aliphatic carbocycles. The van der Waals surface area contributed by atoms with Crippen LogP contribution in [0.1, 0.15) is 25.5 Å². The van der Waals surface area contributed by atoms with Crippen molar-refractivity contribution >= 4 is 17.3 Å². The second kappa shape index (κ2) is 6.94. The van der Waals surface area contributed by atoms with E-state index in [2.05, 4.69) is 15.6 Å². The molecule has 1 aliphatic rings. The van der Waals surface area contributed by atoms with Crippen molar-refractivity contribution in [3.05, 3.63) is 54.1 Å². The molecular weight excluding hydrogens is 330 g/mol. The summed E-state index contributed by atoms with van der Waals surface area (Å²) in [6, 6.07) is 13.9. The topological polar surface area (TPSA) is 116 Å². The van der Waals surface area contributed by atoms with Gasteiger partial charge in [-0.25, -0.2) is 4.99 Å². The number of aliphatic imine (C=N–C) groups is 1. The summed E-state index contributed by atoms with van der Waals surface area (Å²) in [6.07, 6.45) is 0.942. The van der Waals surface area contributed by atoms with Crippen LogP contribution in [0.5, 0.6) is 5.75 Å². The van der Waals surface area contributed by atoms with E-state index in [0.717, 1.165) is 5.69 Å². The molecule has 26 heavy (non-hydrogen) atoms. The van der Waals surface area contributed by atoms with Crippen molar-refractivity contribution in [2.45, 2.75) is 31.6 Å². The second-order valence-corrected chi connectivity index (χ2v) is 6.60. The molecule has 0 fully saturated rings. The zero-order valence-corrected chi connectivity index (χ0v) is 14.6. The van der Waals surface area contributed by atoms with Crippen LogP contribution in [-0.2, 0) is 0 Å². The number of aliphatic hydroxyl groups is 1. The highest BCUT2D eigenvalue weighted by atomic mass is 16.5. The number of nitrogens with zero attached hydrogens (tertiary/aromatic N) is 2. The molecule has 1 aliphatic heterocycles. The van der Waals surface area contributed by atoms with E-state index in [0.29, 0.717) is 17.0 Å². The maximum atomic E-state index is 10.8. The van der Waals surface area contributed by atoms with Gasteiger partial charge in [-0.3, -0.25) is 5.32 Å². The van der Waals surface area contributed by atoms with Gasteiger partial charge in [0.05, 0.1) is 0 Å². The van der Waals surface area contributed by atoms with Gasteiger partial charge >= 0.3 is 0 Å². The van der Waals surface area contributed by atoms with E-state index in [4.69, 9.17) is 15.7 Å². The molecule has 0 amide bonds. The Balaban J connectivity index is 2.02. The molecule has 0 radical (unpaired) electrons. The number of hydrogen-bond donors (Lipinski definition) is 4. The van der Waals surface area contributed by atoms with Crippen LogP contribution >= 0.6 is 0 Å². The smallest absolute Gasteiger partial charge is 0.209 e. The van der Waals surface area contributed by atoms with E-state index < -0.39 is 17.7 Å². The van der Waals surface area contributed by atoms with E-state index in [1.54, 1.807) is 32.0 Å². The molecule has 0 saturated heterocycles. The van der Waals surface area contributed by atoms with Crippen LogP contribution in [0.3, 0.4) is 0 Å². The normalized spacial score (nSPS) is 21.1. The van der Waals surface area contributed by atoms with Gasteiger partial charge in [0.1, 0.15) is 23.5 Å². The lowest BCUT2D eigenvalue weighted by Gasteiger charge is -2.40. The Morgan fingerprint density at radius 3 is 2.69 bits per heavy atom. The van der Waals surface area contributed by atoms with Gasteiger partial charge in [0.2, 0.25) is 5.96 Å². The molecule has 0 unspecified atom stereocenters. The first kappa shape index (κ1) is 17.6. The Bertz CT molecular complexity index is 858. The Kier molecular flexibility index (Phi) is 4.69. The Labute approximate surface area is 152 Å². The maximum absolute atomic E-state index is 10.8. The van der Waals surface area contributed by atoms with Gasteiger partial charge in [-0.1, -0.05) is 18.2 Å². The number of hydrogen-bond acceptors (Lipinski definition) is 5. The molecule has 7 nitrogen and oxygen atoms in total. The van der Waals surface area contributed by atoms with Crippen molar-refractivity contribution in [1.82, 2.24) is 5.32 Å². The molecule has 2 atom stereocenters. The molecule has 5 N–H and O–H groups in total. The predicted octanol–water partition coefficient (Wildman–Crippen LogP) is 2.38. The summed E-state index contributed by atoms with van der Waals surface area (Å²) in [5.74, 6) is 0.841. The predicted molar refractivity (Wildman–Crippen MR) is 101 cm³/mol. The lowest BCUT2D eigenvalue weighted by atomic mass is 9.87. The maximum Gasteiger partial charge on any atom is 0.209 e. The van der Waals surface area contributed by atoms with Gasteiger partial charge in [0, 0.05) is 16.9 Å². The molecule has 2 aromatic carbocycles. The Hall–Kier alpha value is -3.24. The fraction of sp³-hybridized carbons (Fsp3) is 0.263. The van der Waals surface area contributed by atoms with Gasteiger partial charge in [0.15, 0.2) is 6.19 Å². The molecule has 134 valence electrons. The van der Waals surface area contributed by atoms with Crippen LogP contribution in [0.4, 0.5) is 11.4 Å². The molecule has 0 saturated carbocycles. The van der Waals surface area contributed by atoms with Gasteiger partial charge in [-0.2, -0.15) is 5.26 Å². The summed E-state index contributed by atoms with van der Waals surface area (Å²) in [5.41, 5.74) is 7.04. The van der Waals surface area contributed by atoms with Crippen LogP contribution < -0.4 is 21.1 Å². The van der Waals surface area contributed by atoms with Crippen molar-refractivity contribution in [3.8, 4) is 11.9 Å². The van der Waals surface area contributed by atoms with E-state index in [1.807, 2.05) is 36.5 Å². The lowest BCUT2D eigenvalue weighted by molar-refractivity contribution is -0.0566. The number of nitrogen functional groups attached to an aromatic ring is 1. The Morgan fingerprint density at radius 2 is 2.00 bits per heavy atom. The fourth-order valence-electron chi connectivity index (χ4n) is 2.87. The first-order chi connectivity index (χ1) is 12.4. The fourth-order valence-corrected chi connectivity index (χ4v) is 2.87. The third-order valence-corrected chi connectivity index (χ3v) is 4.22. The van der Waals surface area contributed by atoms with E-state index in [9.17, 15) is 5.11 Å². The van der Waals surface area contributed by atoms with Gasteiger partial charge in [-0.05, 0) is 44.2 Å². The molecular formula is C19H21N5O2. The minimum Gasteiger partial charge on any atom is -0.485 e. The van der Waals surface area contributed by atoms with E-state index in [-0.39, 0.29) is 5.96 Å². The number of nitrogens with one attached hydrogen (secondary N) is 2. The number of anilines is 2. The van der Waals surface area contributed by atoms with Crippen molar-refractivity contribution in [3.63, 3.8) is 0 Å². The highest BCUT2D eigenvalue weighted by Crippen LogP contribution is 2.42. The number of para-hydroxylation sites is 1. The molecule has 3 rings (SSSR count). The molecule has 1 heterocycles. The SMILES string of the molecule is CC1(C)Oc2ccc(N)cc2[C@@H](N=C(NC#N)Nc2ccccc2)[C@@H]1O. The third kappa shape index (κ3) is 3.55. The minimum absolute atomic E-state index is 0.230. The number of ether oxygens (including phenoxy) is 1. The summed E-state index contributed by atoms with van der Waals surface area (Å²) < 4.78 is 5.90. The number of aliphatic hydroxyl groups excluding tert-OH is 1. The summed E-state index contributed by atoms with van der Waals surface area (Å²) in [4.78, 5) is 4.57. The second-order valence-electron chi connectivity index (χ2n) is 6.60. The number of fused-ring (bicyclic) bond motifs is 1. The van der Waals surface area contributed by atoms with Gasteiger partial charge in [-0.15, -0.1) is 0 Å². The zero-order valence-electron chi connectivity index (χ0n) is 14.6. The first-order valence-electron chi connectivity index (χ1n) is 8.22. The highest BCUT2D eigenvalue weighted by molar-refractivity contribution is 5.94. The van der Waals surface area contributed by atoms with Crippen LogP contribution in [-0.4, -0.2) is 22.8 Å². The van der Waals surface area contributed by atoms with E-state index in [1.165, 1.54) is 0 Å². The molecule has 0 bridgehead atoms. The lowest BCUT2D eigenvalue weighted by Crippen LogP contribution is -2.49. The molecule has 2 aromatic rings. The summed E-state index contributed by atoms with van der Waals surface area (Å²) in [6.45, 7) is 3.59. The Morgan fingerprint density at radius 1 is 1.27 bits per heavy atom. The largest absolute Gasteiger partial charge is 0.485 e. The number of nitrogens with two attached hydrogens (primary N) is 1. The highest BCUT2D eigenvalue weighted by Gasteiger charge is 2.43. The van der Waals surface area contributed by atoms with Crippen LogP contribution in [0, 0.1) is 11.5 Å².